The first kappa shape index (κ1) is 16.8. The summed E-state index contributed by atoms with van der Waals surface area (Å²) in [5.74, 6) is -3.24. The van der Waals surface area contributed by atoms with E-state index in [1.165, 1.54) is 0 Å². The molecule has 0 aliphatic heterocycles. The molecule has 0 saturated carbocycles. The maximum Gasteiger partial charge on any atom is 0.417 e. The lowest BCUT2D eigenvalue weighted by Gasteiger charge is -2.08. The number of rotatable bonds is 3. The van der Waals surface area contributed by atoms with Gasteiger partial charge in [-0.3, -0.25) is 9.67 Å². The Balaban J connectivity index is 2.17. The second kappa shape index (κ2) is 5.80. The van der Waals surface area contributed by atoms with E-state index in [-0.39, 0.29) is 23.1 Å². The van der Waals surface area contributed by atoms with Crippen LogP contribution in [0.5, 0.6) is 0 Å². The summed E-state index contributed by atoms with van der Waals surface area (Å²) < 4.78 is 66.2. The lowest BCUT2D eigenvalue weighted by atomic mass is 10.2. The van der Waals surface area contributed by atoms with Gasteiger partial charge >= 0.3 is 12.1 Å². The van der Waals surface area contributed by atoms with Crippen molar-refractivity contribution in [2.75, 3.05) is 0 Å². The van der Waals surface area contributed by atoms with Crippen LogP contribution in [0.2, 0.25) is 0 Å². The van der Waals surface area contributed by atoms with Gasteiger partial charge in [0.05, 0.1) is 17.6 Å². The molecule has 3 rings (SSSR count). The van der Waals surface area contributed by atoms with Crippen LogP contribution in [-0.4, -0.2) is 25.8 Å². The highest BCUT2D eigenvalue weighted by Gasteiger charge is 2.32. The lowest BCUT2D eigenvalue weighted by molar-refractivity contribution is -0.137. The predicted molar refractivity (Wildman–Crippen MR) is 74.9 cm³/mol. The minimum atomic E-state index is -4.69. The molecule has 0 fully saturated rings. The number of pyridine rings is 1. The summed E-state index contributed by atoms with van der Waals surface area (Å²) in [6.07, 6.45) is -4.19. The maximum atomic E-state index is 13.8. The fourth-order valence-electron chi connectivity index (χ4n) is 2.29. The van der Waals surface area contributed by atoms with E-state index >= 15 is 0 Å². The number of carboxylic acids is 1. The molecule has 2 heterocycles. The molecule has 0 aliphatic rings. The molecule has 1 N–H and O–H groups in total. The van der Waals surface area contributed by atoms with Gasteiger partial charge in [0.2, 0.25) is 0 Å². The molecule has 0 unspecified atom stereocenters. The van der Waals surface area contributed by atoms with Gasteiger partial charge in [-0.15, -0.1) is 0 Å². The Morgan fingerprint density at radius 2 is 1.92 bits per heavy atom. The Labute approximate surface area is 136 Å². The van der Waals surface area contributed by atoms with Crippen molar-refractivity contribution < 1.29 is 31.9 Å². The molecule has 130 valence electrons. The average molecular weight is 357 g/mol. The van der Waals surface area contributed by atoms with E-state index in [1.54, 1.807) is 0 Å². The average Bonchev–Trinajstić information content (AvgIpc) is 2.87. The number of fused-ring (bicyclic) bond motifs is 1. The highest BCUT2D eigenvalue weighted by Crippen LogP contribution is 2.31. The van der Waals surface area contributed by atoms with Crippen LogP contribution in [0.15, 0.2) is 30.5 Å². The van der Waals surface area contributed by atoms with Crippen LogP contribution in [0.1, 0.15) is 21.6 Å². The van der Waals surface area contributed by atoms with Crippen LogP contribution >= 0.6 is 0 Å². The zero-order valence-electron chi connectivity index (χ0n) is 12.2. The molecular weight excluding hydrogens is 349 g/mol. The van der Waals surface area contributed by atoms with Gasteiger partial charge < -0.3 is 5.11 Å². The van der Waals surface area contributed by atoms with Gasteiger partial charge in [-0.25, -0.2) is 13.6 Å². The number of halogens is 5. The van der Waals surface area contributed by atoms with Gasteiger partial charge in [-0.1, -0.05) is 6.07 Å². The number of hydrogen-bond donors (Lipinski definition) is 1. The summed E-state index contributed by atoms with van der Waals surface area (Å²) in [5, 5.41) is 12.8. The minimum absolute atomic E-state index is 0.0693. The smallest absolute Gasteiger partial charge is 0.417 e. The second-order valence-electron chi connectivity index (χ2n) is 5.14. The zero-order valence-corrected chi connectivity index (χ0v) is 12.2. The van der Waals surface area contributed by atoms with Crippen molar-refractivity contribution in [3.05, 3.63) is 58.9 Å². The molecule has 0 saturated heterocycles. The summed E-state index contributed by atoms with van der Waals surface area (Å²) in [4.78, 5) is 14.7. The van der Waals surface area contributed by atoms with Crippen molar-refractivity contribution in [3.8, 4) is 0 Å². The molecule has 0 radical (unpaired) electrons. The number of aromatic carboxylic acids is 1. The Kier molecular flexibility index (Phi) is 3.90. The molecule has 0 bridgehead atoms. The van der Waals surface area contributed by atoms with Crippen molar-refractivity contribution in [1.82, 2.24) is 14.8 Å². The molecule has 0 atom stereocenters. The molecular formula is C15H8F5N3O2. The monoisotopic (exact) mass is 357 g/mol. The van der Waals surface area contributed by atoms with Crippen LogP contribution in [0.3, 0.4) is 0 Å². The third kappa shape index (κ3) is 3.14. The Morgan fingerprint density at radius 1 is 1.20 bits per heavy atom. The SMILES string of the molecule is O=C(O)c1nn(Cc2ccc(F)cc2F)c2cc(C(F)(F)F)cnc12. The maximum absolute atomic E-state index is 13.8. The van der Waals surface area contributed by atoms with Gasteiger partial charge in [0.15, 0.2) is 5.69 Å². The number of nitrogens with zero attached hydrogens (tertiary/aromatic N) is 3. The third-order valence-corrected chi connectivity index (χ3v) is 3.46. The molecule has 2 aromatic heterocycles. The topological polar surface area (TPSA) is 68.0 Å². The fourth-order valence-corrected chi connectivity index (χ4v) is 2.29. The lowest BCUT2D eigenvalue weighted by Crippen LogP contribution is -2.08. The van der Waals surface area contributed by atoms with Crippen LogP contribution in [0, 0.1) is 11.6 Å². The summed E-state index contributed by atoms with van der Waals surface area (Å²) in [6.45, 7) is -0.390. The summed E-state index contributed by atoms with van der Waals surface area (Å²) >= 11 is 0. The first-order chi connectivity index (χ1) is 11.7. The number of aromatic nitrogens is 3. The Hall–Kier alpha value is -3.04. The number of alkyl halides is 3. The molecule has 3 aromatic rings. The largest absolute Gasteiger partial charge is 0.476 e. The van der Waals surface area contributed by atoms with E-state index in [2.05, 4.69) is 10.1 Å². The molecule has 5 nitrogen and oxygen atoms in total. The van der Waals surface area contributed by atoms with E-state index in [0.717, 1.165) is 16.8 Å². The standard InChI is InChI=1S/C15H8F5N3O2/c16-9-2-1-7(10(17)4-9)6-23-11-3-8(15(18,19)20)5-21-12(11)13(22-23)14(24)25/h1-5H,6H2,(H,24,25). The van der Waals surface area contributed by atoms with E-state index in [4.69, 9.17) is 5.11 Å². The first-order valence-corrected chi connectivity index (χ1v) is 6.78. The van der Waals surface area contributed by atoms with Crippen molar-refractivity contribution >= 4 is 17.0 Å². The second-order valence-corrected chi connectivity index (χ2v) is 5.14. The van der Waals surface area contributed by atoms with Crippen molar-refractivity contribution in [1.29, 1.82) is 0 Å². The molecule has 1 aromatic carbocycles. The van der Waals surface area contributed by atoms with E-state index in [9.17, 15) is 26.7 Å². The van der Waals surface area contributed by atoms with Crippen LogP contribution in [-0.2, 0) is 12.7 Å². The van der Waals surface area contributed by atoms with Gasteiger partial charge in [0.1, 0.15) is 17.2 Å². The minimum Gasteiger partial charge on any atom is -0.476 e. The number of carboxylic acid groups (broad SMARTS) is 1. The number of carbonyl (C=O) groups is 1. The van der Waals surface area contributed by atoms with Crippen molar-refractivity contribution in [3.63, 3.8) is 0 Å². The Morgan fingerprint density at radius 3 is 2.52 bits per heavy atom. The Bertz CT molecular complexity index is 981. The van der Waals surface area contributed by atoms with Gasteiger partial charge in [-0.2, -0.15) is 18.3 Å². The fraction of sp³-hybridized carbons (Fsp3) is 0.133. The van der Waals surface area contributed by atoms with Crippen molar-refractivity contribution in [2.24, 2.45) is 0 Å². The normalized spacial score (nSPS) is 11.9. The van der Waals surface area contributed by atoms with Crippen LogP contribution < -0.4 is 0 Å². The summed E-state index contributed by atoms with van der Waals surface area (Å²) in [6, 6.07) is 3.36. The highest BCUT2D eigenvalue weighted by molar-refractivity contribution is 5.99. The number of hydrogen-bond acceptors (Lipinski definition) is 3. The molecule has 0 spiro atoms. The molecule has 25 heavy (non-hydrogen) atoms. The molecule has 0 amide bonds. The quantitative estimate of drug-likeness (QED) is 0.729. The first-order valence-electron chi connectivity index (χ1n) is 6.78. The highest BCUT2D eigenvalue weighted by atomic mass is 19.4. The van der Waals surface area contributed by atoms with Gasteiger partial charge in [0.25, 0.3) is 0 Å². The van der Waals surface area contributed by atoms with Gasteiger partial charge in [-0.05, 0) is 12.1 Å². The number of benzene rings is 1. The van der Waals surface area contributed by atoms with Gasteiger partial charge in [0, 0.05) is 17.8 Å². The van der Waals surface area contributed by atoms with E-state index in [1.807, 2.05) is 0 Å². The molecule has 10 heteroatoms. The van der Waals surface area contributed by atoms with E-state index < -0.39 is 35.0 Å². The van der Waals surface area contributed by atoms with Crippen LogP contribution in [0.25, 0.3) is 11.0 Å². The third-order valence-electron chi connectivity index (χ3n) is 3.46. The zero-order chi connectivity index (χ0) is 18.4. The summed E-state index contributed by atoms with van der Waals surface area (Å²) in [5.41, 5.74) is -2.22. The van der Waals surface area contributed by atoms with Crippen molar-refractivity contribution in [2.45, 2.75) is 12.7 Å². The van der Waals surface area contributed by atoms with Crippen LogP contribution in [0.4, 0.5) is 22.0 Å². The van der Waals surface area contributed by atoms with E-state index in [0.29, 0.717) is 18.3 Å². The predicted octanol–water partition coefficient (Wildman–Crippen LogP) is 3.47. The summed E-state index contributed by atoms with van der Waals surface area (Å²) in [7, 11) is 0. The molecule has 0 aliphatic carbocycles.